The number of hydrogen-bond acceptors (Lipinski definition) is 3. The van der Waals surface area contributed by atoms with E-state index in [0.717, 1.165) is 41.8 Å². The molecule has 1 heterocycles. The second-order valence-corrected chi connectivity index (χ2v) is 6.04. The highest BCUT2D eigenvalue weighted by molar-refractivity contribution is 9.10. The van der Waals surface area contributed by atoms with E-state index >= 15 is 0 Å². The first-order valence-electron chi connectivity index (χ1n) is 6.96. The number of fused-ring (bicyclic) bond motifs is 1. The van der Waals surface area contributed by atoms with Crippen molar-refractivity contribution in [3.8, 4) is 11.5 Å². The van der Waals surface area contributed by atoms with Crippen LogP contribution in [0.4, 0.5) is 0 Å². The van der Waals surface area contributed by atoms with Gasteiger partial charge in [-0.1, -0.05) is 13.8 Å². The Morgan fingerprint density at radius 1 is 1.26 bits per heavy atom. The average molecular weight is 328 g/mol. The number of nitrogens with two attached hydrogens (primary N) is 1. The SMILES string of the molecule is CC(C)c1c(CCCN)cc(Br)c2c1OCCCO2. The Morgan fingerprint density at radius 2 is 1.95 bits per heavy atom. The Labute approximate surface area is 123 Å². The Balaban J connectivity index is 2.50. The molecule has 106 valence electrons. The van der Waals surface area contributed by atoms with Crippen molar-refractivity contribution in [1.82, 2.24) is 0 Å². The van der Waals surface area contributed by atoms with E-state index in [1.807, 2.05) is 0 Å². The summed E-state index contributed by atoms with van der Waals surface area (Å²) in [6, 6.07) is 2.17. The molecule has 0 amide bonds. The van der Waals surface area contributed by atoms with Gasteiger partial charge in [-0.2, -0.15) is 0 Å². The van der Waals surface area contributed by atoms with Crippen LogP contribution in [0.5, 0.6) is 11.5 Å². The van der Waals surface area contributed by atoms with Gasteiger partial charge in [0.05, 0.1) is 17.7 Å². The molecule has 4 heteroatoms. The van der Waals surface area contributed by atoms with Gasteiger partial charge in [0.25, 0.3) is 0 Å². The highest BCUT2D eigenvalue weighted by Gasteiger charge is 2.23. The molecule has 1 aromatic carbocycles. The molecule has 1 aliphatic rings. The molecule has 1 aliphatic heterocycles. The molecular weight excluding hydrogens is 306 g/mol. The maximum Gasteiger partial charge on any atom is 0.175 e. The summed E-state index contributed by atoms with van der Waals surface area (Å²) in [5.41, 5.74) is 8.22. The van der Waals surface area contributed by atoms with Crippen LogP contribution in [0.15, 0.2) is 10.5 Å². The van der Waals surface area contributed by atoms with Crippen molar-refractivity contribution >= 4 is 15.9 Å². The first kappa shape index (κ1) is 14.7. The Hall–Kier alpha value is -0.740. The highest BCUT2D eigenvalue weighted by atomic mass is 79.9. The van der Waals surface area contributed by atoms with Crippen LogP contribution in [0.1, 0.15) is 43.7 Å². The minimum Gasteiger partial charge on any atom is -0.489 e. The van der Waals surface area contributed by atoms with Crippen LogP contribution < -0.4 is 15.2 Å². The number of rotatable bonds is 4. The van der Waals surface area contributed by atoms with Gasteiger partial charge in [0.15, 0.2) is 11.5 Å². The zero-order valence-electron chi connectivity index (χ0n) is 11.7. The third-order valence-electron chi connectivity index (χ3n) is 3.32. The average Bonchev–Trinajstić information content (AvgIpc) is 2.61. The zero-order valence-corrected chi connectivity index (χ0v) is 13.3. The fraction of sp³-hybridized carbons (Fsp3) is 0.600. The molecule has 0 unspecified atom stereocenters. The van der Waals surface area contributed by atoms with Crippen molar-refractivity contribution in [3.05, 3.63) is 21.7 Å². The Bertz CT molecular complexity index is 446. The highest BCUT2D eigenvalue weighted by Crippen LogP contribution is 2.44. The van der Waals surface area contributed by atoms with Crippen LogP contribution in [0.3, 0.4) is 0 Å². The van der Waals surface area contributed by atoms with E-state index < -0.39 is 0 Å². The number of hydrogen-bond donors (Lipinski definition) is 1. The Morgan fingerprint density at radius 3 is 2.58 bits per heavy atom. The first-order chi connectivity index (χ1) is 9.15. The van der Waals surface area contributed by atoms with E-state index in [4.69, 9.17) is 15.2 Å². The van der Waals surface area contributed by atoms with Crippen molar-refractivity contribution in [1.29, 1.82) is 0 Å². The Kier molecular flexibility index (Phi) is 5.11. The van der Waals surface area contributed by atoms with Gasteiger partial charge in [0.2, 0.25) is 0 Å². The standard InChI is InChI=1S/C15H22BrNO2/c1-10(2)13-11(5-3-6-17)9-12(16)14-15(13)19-8-4-7-18-14/h9-10H,3-8,17H2,1-2H3. The minimum atomic E-state index is 0.413. The van der Waals surface area contributed by atoms with Gasteiger partial charge in [0.1, 0.15) is 0 Å². The van der Waals surface area contributed by atoms with E-state index in [1.54, 1.807) is 0 Å². The first-order valence-corrected chi connectivity index (χ1v) is 7.75. The third-order valence-corrected chi connectivity index (χ3v) is 3.91. The predicted molar refractivity (Wildman–Crippen MR) is 81.2 cm³/mol. The molecule has 19 heavy (non-hydrogen) atoms. The number of benzene rings is 1. The van der Waals surface area contributed by atoms with Gasteiger partial charge in [0, 0.05) is 12.0 Å². The topological polar surface area (TPSA) is 44.5 Å². The fourth-order valence-corrected chi connectivity index (χ4v) is 3.06. The molecule has 0 radical (unpaired) electrons. The molecule has 2 rings (SSSR count). The van der Waals surface area contributed by atoms with Gasteiger partial charge in [-0.3, -0.25) is 0 Å². The number of aryl methyl sites for hydroxylation is 1. The monoisotopic (exact) mass is 327 g/mol. The molecule has 2 N–H and O–H groups in total. The molecule has 0 spiro atoms. The molecule has 0 bridgehead atoms. The van der Waals surface area contributed by atoms with Crippen molar-refractivity contribution in [2.45, 2.75) is 39.0 Å². The van der Waals surface area contributed by atoms with Crippen molar-refractivity contribution in [2.75, 3.05) is 19.8 Å². The zero-order chi connectivity index (χ0) is 13.8. The largest absolute Gasteiger partial charge is 0.489 e. The van der Waals surface area contributed by atoms with E-state index in [0.29, 0.717) is 19.1 Å². The maximum absolute atomic E-state index is 5.96. The van der Waals surface area contributed by atoms with Crippen LogP contribution in [0.25, 0.3) is 0 Å². The fourth-order valence-electron chi connectivity index (χ4n) is 2.49. The van der Waals surface area contributed by atoms with E-state index in [9.17, 15) is 0 Å². The second-order valence-electron chi connectivity index (χ2n) is 5.19. The lowest BCUT2D eigenvalue weighted by Gasteiger charge is -2.20. The van der Waals surface area contributed by atoms with Gasteiger partial charge in [-0.05, 0) is 52.9 Å². The van der Waals surface area contributed by atoms with Gasteiger partial charge in [-0.25, -0.2) is 0 Å². The van der Waals surface area contributed by atoms with Crippen LogP contribution >= 0.6 is 15.9 Å². The lowest BCUT2D eigenvalue weighted by atomic mass is 9.93. The van der Waals surface area contributed by atoms with Crippen molar-refractivity contribution < 1.29 is 9.47 Å². The van der Waals surface area contributed by atoms with E-state index in [-0.39, 0.29) is 0 Å². The molecule has 0 aromatic heterocycles. The van der Waals surface area contributed by atoms with Crippen LogP contribution in [0.2, 0.25) is 0 Å². The quantitative estimate of drug-likeness (QED) is 0.918. The molecular formula is C15H22BrNO2. The molecule has 1 aromatic rings. The van der Waals surface area contributed by atoms with Crippen LogP contribution in [0, 0.1) is 0 Å². The van der Waals surface area contributed by atoms with E-state index in [1.165, 1.54) is 11.1 Å². The van der Waals surface area contributed by atoms with Crippen molar-refractivity contribution in [2.24, 2.45) is 5.73 Å². The molecule has 0 atom stereocenters. The van der Waals surface area contributed by atoms with Gasteiger partial charge in [-0.15, -0.1) is 0 Å². The smallest absolute Gasteiger partial charge is 0.175 e. The molecule has 0 saturated heterocycles. The summed E-state index contributed by atoms with van der Waals surface area (Å²) in [6.07, 6.45) is 2.90. The minimum absolute atomic E-state index is 0.413. The summed E-state index contributed by atoms with van der Waals surface area (Å²) in [7, 11) is 0. The molecule has 0 fully saturated rings. The summed E-state index contributed by atoms with van der Waals surface area (Å²) < 4.78 is 12.8. The van der Waals surface area contributed by atoms with Crippen molar-refractivity contribution in [3.63, 3.8) is 0 Å². The summed E-state index contributed by atoms with van der Waals surface area (Å²) in [5.74, 6) is 2.20. The summed E-state index contributed by atoms with van der Waals surface area (Å²) >= 11 is 3.61. The van der Waals surface area contributed by atoms with Gasteiger partial charge < -0.3 is 15.2 Å². The van der Waals surface area contributed by atoms with E-state index in [2.05, 4.69) is 35.8 Å². The van der Waals surface area contributed by atoms with Crippen LogP contribution in [-0.4, -0.2) is 19.8 Å². The normalized spacial score (nSPS) is 14.6. The van der Waals surface area contributed by atoms with Gasteiger partial charge >= 0.3 is 0 Å². The lowest BCUT2D eigenvalue weighted by Crippen LogP contribution is -2.06. The number of ether oxygens (including phenoxy) is 2. The summed E-state index contributed by atoms with van der Waals surface area (Å²) in [6.45, 7) is 6.54. The number of halogens is 1. The molecule has 0 aliphatic carbocycles. The molecule has 0 saturated carbocycles. The van der Waals surface area contributed by atoms with Crippen LogP contribution in [-0.2, 0) is 6.42 Å². The maximum atomic E-state index is 5.96. The predicted octanol–water partition coefficient (Wildman–Crippen LogP) is 3.63. The summed E-state index contributed by atoms with van der Waals surface area (Å²) in [4.78, 5) is 0. The molecule has 3 nitrogen and oxygen atoms in total. The second kappa shape index (κ2) is 6.62. The third kappa shape index (κ3) is 3.23. The lowest BCUT2D eigenvalue weighted by molar-refractivity contribution is 0.295. The summed E-state index contributed by atoms with van der Waals surface area (Å²) in [5, 5.41) is 0.